The standard InChI is InChI=1S/C20H22N4O4/c1-27-17-6-5-13(10-18(17)28-2)15-11-16-19(21-7-9-24(16)22-15)23-8-3-4-14(12-23)20(25)26/h5-7,9-11,14H,3-4,8,12H2,1-2H3,(H,25,26). The minimum absolute atomic E-state index is 0.371. The van der Waals surface area contributed by atoms with Crippen molar-refractivity contribution >= 4 is 17.3 Å². The molecule has 0 radical (unpaired) electrons. The van der Waals surface area contributed by atoms with E-state index in [0.29, 0.717) is 24.5 Å². The number of nitrogens with zero attached hydrogens (tertiary/aromatic N) is 4. The second-order valence-electron chi connectivity index (χ2n) is 6.80. The van der Waals surface area contributed by atoms with E-state index in [1.54, 1.807) is 31.1 Å². The van der Waals surface area contributed by atoms with Gasteiger partial charge in [-0.2, -0.15) is 5.10 Å². The van der Waals surface area contributed by atoms with E-state index >= 15 is 0 Å². The molecule has 146 valence electrons. The fourth-order valence-corrected chi connectivity index (χ4v) is 3.66. The monoisotopic (exact) mass is 382 g/mol. The van der Waals surface area contributed by atoms with Crippen molar-refractivity contribution in [2.24, 2.45) is 5.92 Å². The van der Waals surface area contributed by atoms with E-state index < -0.39 is 5.97 Å². The van der Waals surface area contributed by atoms with E-state index in [4.69, 9.17) is 9.47 Å². The maximum absolute atomic E-state index is 11.4. The highest BCUT2D eigenvalue weighted by Crippen LogP contribution is 2.33. The summed E-state index contributed by atoms with van der Waals surface area (Å²) in [7, 11) is 3.20. The van der Waals surface area contributed by atoms with Crippen molar-refractivity contribution in [1.29, 1.82) is 0 Å². The zero-order valence-corrected chi connectivity index (χ0v) is 15.8. The van der Waals surface area contributed by atoms with E-state index in [1.165, 1.54) is 0 Å². The number of ether oxygens (including phenoxy) is 2. The van der Waals surface area contributed by atoms with Gasteiger partial charge in [0.2, 0.25) is 0 Å². The summed E-state index contributed by atoms with van der Waals surface area (Å²) in [6.07, 6.45) is 5.02. The maximum Gasteiger partial charge on any atom is 0.308 e. The molecule has 1 aliphatic heterocycles. The molecule has 1 aromatic carbocycles. The molecule has 1 fully saturated rings. The lowest BCUT2D eigenvalue weighted by molar-refractivity contribution is -0.141. The molecule has 4 rings (SSSR count). The first-order valence-corrected chi connectivity index (χ1v) is 9.15. The Morgan fingerprint density at radius 3 is 2.79 bits per heavy atom. The Labute approximate surface area is 162 Å². The summed E-state index contributed by atoms with van der Waals surface area (Å²) in [5.41, 5.74) is 2.52. The van der Waals surface area contributed by atoms with E-state index in [1.807, 2.05) is 29.2 Å². The van der Waals surface area contributed by atoms with Crippen molar-refractivity contribution in [2.75, 3.05) is 32.2 Å². The second-order valence-corrected chi connectivity index (χ2v) is 6.80. The van der Waals surface area contributed by atoms with Crippen LogP contribution < -0.4 is 14.4 Å². The number of carboxylic acid groups (broad SMARTS) is 1. The Balaban J connectivity index is 1.72. The smallest absolute Gasteiger partial charge is 0.308 e. The minimum Gasteiger partial charge on any atom is -0.493 e. The number of aliphatic carboxylic acids is 1. The van der Waals surface area contributed by atoms with Crippen LogP contribution >= 0.6 is 0 Å². The molecule has 0 amide bonds. The molecule has 28 heavy (non-hydrogen) atoms. The van der Waals surface area contributed by atoms with Gasteiger partial charge in [-0.05, 0) is 37.1 Å². The lowest BCUT2D eigenvalue weighted by Crippen LogP contribution is -2.39. The molecule has 0 spiro atoms. The SMILES string of the molecule is COc1ccc(-c2cc3c(N4CCCC(C(=O)O)C4)nccn3n2)cc1OC. The van der Waals surface area contributed by atoms with Crippen molar-refractivity contribution in [1.82, 2.24) is 14.6 Å². The van der Waals surface area contributed by atoms with Crippen molar-refractivity contribution in [2.45, 2.75) is 12.8 Å². The Bertz CT molecular complexity index is 1020. The van der Waals surface area contributed by atoms with E-state index in [2.05, 4.69) is 10.1 Å². The normalized spacial score (nSPS) is 16.9. The predicted molar refractivity (Wildman–Crippen MR) is 104 cm³/mol. The molecule has 0 bridgehead atoms. The van der Waals surface area contributed by atoms with Crippen LogP contribution in [0.25, 0.3) is 16.8 Å². The van der Waals surface area contributed by atoms with Gasteiger partial charge in [0.25, 0.3) is 0 Å². The molecule has 3 aromatic rings. The van der Waals surface area contributed by atoms with Gasteiger partial charge in [-0.3, -0.25) is 4.79 Å². The molecule has 0 saturated carbocycles. The highest BCUT2D eigenvalue weighted by molar-refractivity contribution is 5.77. The van der Waals surface area contributed by atoms with Gasteiger partial charge in [0.1, 0.15) is 5.52 Å². The molecular formula is C20H22N4O4. The molecule has 1 aliphatic rings. The molecule has 8 nitrogen and oxygen atoms in total. The summed E-state index contributed by atoms with van der Waals surface area (Å²) in [6.45, 7) is 1.24. The Morgan fingerprint density at radius 2 is 2.04 bits per heavy atom. The van der Waals surface area contributed by atoms with Gasteiger partial charge in [-0.25, -0.2) is 9.50 Å². The van der Waals surface area contributed by atoms with Crippen LogP contribution in [0.5, 0.6) is 11.5 Å². The highest BCUT2D eigenvalue weighted by atomic mass is 16.5. The van der Waals surface area contributed by atoms with Crippen molar-refractivity contribution in [3.05, 3.63) is 36.7 Å². The number of piperidine rings is 1. The van der Waals surface area contributed by atoms with Gasteiger partial charge < -0.3 is 19.5 Å². The predicted octanol–water partition coefficient (Wildman–Crippen LogP) is 2.71. The van der Waals surface area contributed by atoms with E-state index in [-0.39, 0.29) is 5.92 Å². The summed E-state index contributed by atoms with van der Waals surface area (Å²) in [6, 6.07) is 7.63. The number of rotatable bonds is 5. The quantitative estimate of drug-likeness (QED) is 0.726. The van der Waals surface area contributed by atoms with Crippen molar-refractivity contribution in [3.63, 3.8) is 0 Å². The van der Waals surface area contributed by atoms with Crippen molar-refractivity contribution in [3.8, 4) is 22.8 Å². The summed E-state index contributed by atoms with van der Waals surface area (Å²) < 4.78 is 12.5. The van der Waals surface area contributed by atoms with Gasteiger partial charge in [0.15, 0.2) is 17.3 Å². The molecule has 0 aliphatic carbocycles. The Kier molecular flexibility index (Phi) is 4.77. The van der Waals surface area contributed by atoms with Crippen LogP contribution in [0.4, 0.5) is 5.82 Å². The summed E-state index contributed by atoms with van der Waals surface area (Å²) in [4.78, 5) is 18.0. The number of methoxy groups -OCH3 is 2. The molecule has 2 aromatic heterocycles. The van der Waals surface area contributed by atoms with Crippen LogP contribution in [0.1, 0.15) is 12.8 Å². The maximum atomic E-state index is 11.4. The van der Waals surface area contributed by atoms with Gasteiger partial charge >= 0.3 is 5.97 Å². The second kappa shape index (κ2) is 7.38. The first-order chi connectivity index (χ1) is 13.6. The number of aromatic nitrogens is 3. The molecular weight excluding hydrogens is 360 g/mol. The zero-order chi connectivity index (χ0) is 19.7. The average Bonchev–Trinajstić information content (AvgIpc) is 3.17. The van der Waals surface area contributed by atoms with Gasteiger partial charge in [0.05, 0.1) is 25.8 Å². The molecule has 1 unspecified atom stereocenters. The fraction of sp³-hybridized carbons (Fsp3) is 0.350. The molecule has 1 atom stereocenters. The summed E-state index contributed by atoms with van der Waals surface area (Å²) >= 11 is 0. The van der Waals surface area contributed by atoms with E-state index in [0.717, 1.165) is 35.6 Å². The van der Waals surface area contributed by atoms with Crippen LogP contribution in [0.15, 0.2) is 36.7 Å². The fourth-order valence-electron chi connectivity index (χ4n) is 3.66. The average molecular weight is 382 g/mol. The van der Waals surface area contributed by atoms with Crippen LogP contribution in [0, 0.1) is 5.92 Å². The summed E-state index contributed by atoms with van der Waals surface area (Å²) in [5, 5.41) is 14.0. The van der Waals surface area contributed by atoms with Crippen molar-refractivity contribution < 1.29 is 19.4 Å². The number of carbonyl (C=O) groups is 1. The lowest BCUT2D eigenvalue weighted by Gasteiger charge is -2.31. The number of fused-ring (bicyclic) bond motifs is 1. The largest absolute Gasteiger partial charge is 0.493 e. The van der Waals surface area contributed by atoms with Gasteiger partial charge in [0, 0.05) is 31.0 Å². The van der Waals surface area contributed by atoms with Gasteiger partial charge in [-0.1, -0.05) is 0 Å². The number of benzene rings is 1. The van der Waals surface area contributed by atoms with Crippen LogP contribution in [0.3, 0.4) is 0 Å². The topological polar surface area (TPSA) is 89.2 Å². The van der Waals surface area contributed by atoms with E-state index in [9.17, 15) is 9.90 Å². The third-order valence-corrected chi connectivity index (χ3v) is 5.12. The lowest BCUT2D eigenvalue weighted by atomic mass is 9.98. The number of hydrogen-bond donors (Lipinski definition) is 1. The highest BCUT2D eigenvalue weighted by Gasteiger charge is 2.27. The third-order valence-electron chi connectivity index (χ3n) is 5.12. The van der Waals surface area contributed by atoms with Gasteiger partial charge in [-0.15, -0.1) is 0 Å². The third kappa shape index (κ3) is 3.21. The number of hydrogen-bond acceptors (Lipinski definition) is 6. The first kappa shape index (κ1) is 18.1. The van der Waals surface area contributed by atoms with Crippen LogP contribution in [0.2, 0.25) is 0 Å². The molecule has 1 N–H and O–H groups in total. The number of carboxylic acids is 1. The summed E-state index contributed by atoms with van der Waals surface area (Å²) in [5.74, 6) is 0.925. The molecule has 1 saturated heterocycles. The Hall–Kier alpha value is -3.29. The molecule has 8 heteroatoms. The minimum atomic E-state index is -0.754. The van der Waals surface area contributed by atoms with Crippen LogP contribution in [-0.2, 0) is 4.79 Å². The number of anilines is 1. The first-order valence-electron chi connectivity index (χ1n) is 9.15. The van der Waals surface area contributed by atoms with Crippen LogP contribution in [-0.4, -0.2) is 53.0 Å². The molecule has 3 heterocycles. The Morgan fingerprint density at radius 1 is 1.21 bits per heavy atom. The zero-order valence-electron chi connectivity index (χ0n) is 15.8.